The minimum atomic E-state index is -0.508. The maximum Gasteiger partial charge on any atom is 0.269 e. The van der Waals surface area contributed by atoms with Crippen LogP contribution in [0.5, 0.6) is 0 Å². The Bertz CT molecular complexity index is 1170. The smallest absolute Gasteiger partial charge is 0.269 e. The van der Waals surface area contributed by atoms with E-state index < -0.39 is 4.92 Å². The van der Waals surface area contributed by atoms with Crippen LogP contribution in [0.1, 0.15) is 16.8 Å². The van der Waals surface area contributed by atoms with Gasteiger partial charge in [-0.15, -0.1) is 0 Å². The van der Waals surface area contributed by atoms with Crippen LogP contribution >= 0.6 is 0 Å². The van der Waals surface area contributed by atoms with Crippen molar-refractivity contribution >= 4 is 34.8 Å². The largest absolute Gasteiger partial charge is 0.322 e. The molecule has 5 aliphatic rings. The molecule has 3 fully saturated rings. The third-order valence-electron chi connectivity index (χ3n) is 7.39. The van der Waals surface area contributed by atoms with E-state index in [1.807, 2.05) is 0 Å². The van der Waals surface area contributed by atoms with E-state index in [1.54, 1.807) is 24.3 Å². The van der Waals surface area contributed by atoms with E-state index in [9.17, 15) is 24.5 Å². The average molecular weight is 429 g/mol. The third kappa shape index (κ3) is 2.65. The summed E-state index contributed by atoms with van der Waals surface area (Å²) in [5, 5.41) is 13.4. The van der Waals surface area contributed by atoms with E-state index >= 15 is 0 Å². The SMILES string of the molecule is O=C(Nc1ccc([N+](=O)[O-])cc1)c1ccc(N2C(=O)[C@@H]3[C@H]4C=C[C@@H]([C@@H]5C[C@H]45)[C@H]3C2=O)cc1. The number of anilines is 2. The number of carbonyl (C=O) groups excluding carboxylic acids is 3. The van der Waals surface area contributed by atoms with Crippen molar-refractivity contribution in [3.05, 3.63) is 76.4 Å². The first-order chi connectivity index (χ1) is 15.4. The number of benzene rings is 2. The molecule has 7 rings (SSSR count). The number of imide groups is 1. The Kier molecular flexibility index (Phi) is 3.90. The maximum absolute atomic E-state index is 13.2. The molecule has 8 heteroatoms. The molecule has 0 aromatic heterocycles. The van der Waals surface area contributed by atoms with E-state index in [4.69, 9.17) is 0 Å². The Labute approximate surface area is 183 Å². The summed E-state index contributed by atoms with van der Waals surface area (Å²) >= 11 is 0. The monoisotopic (exact) mass is 429 g/mol. The van der Waals surface area contributed by atoms with Gasteiger partial charge in [0.1, 0.15) is 0 Å². The molecule has 3 amide bonds. The Morgan fingerprint density at radius 1 is 0.906 bits per heavy atom. The number of amides is 3. The zero-order valence-electron chi connectivity index (χ0n) is 16.9. The highest BCUT2D eigenvalue weighted by Gasteiger charge is 2.67. The highest BCUT2D eigenvalue weighted by atomic mass is 16.6. The lowest BCUT2D eigenvalue weighted by molar-refractivity contribution is -0.384. The Hall–Kier alpha value is -3.81. The molecule has 0 radical (unpaired) electrons. The van der Waals surface area contributed by atoms with Gasteiger partial charge in [0.05, 0.1) is 22.4 Å². The second-order valence-corrected chi connectivity index (χ2v) is 8.97. The number of non-ortho nitro benzene ring substituents is 1. The third-order valence-corrected chi connectivity index (χ3v) is 7.39. The summed E-state index contributed by atoms with van der Waals surface area (Å²) in [6, 6.07) is 11.9. The van der Waals surface area contributed by atoms with Gasteiger partial charge in [-0.05, 0) is 66.5 Å². The van der Waals surface area contributed by atoms with Crippen molar-refractivity contribution in [1.82, 2.24) is 0 Å². The molecule has 1 saturated heterocycles. The standard InChI is InChI=1S/C24H19N3O5/c28-22(25-13-3-7-15(8-4-13)27(31)32)12-1-5-14(6-2-12)26-23(29)20-16-9-10-17(19-11-18(16)19)21(20)24(26)30/h1-10,16-21H,11H2,(H,25,28)/t16-,17-,18-,19+,20+,21+/m0/s1. The van der Waals surface area contributed by atoms with E-state index in [-0.39, 0.29) is 47.1 Å². The Morgan fingerprint density at radius 2 is 1.47 bits per heavy atom. The van der Waals surface area contributed by atoms with Crippen LogP contribution in [-0.2, 0) is 9.59 Å². The van der Waals surface area contributed by atoms with Crippen LogP contribution in [0.3, 0.4) is 0 Å². The quantitative estimate of drug-likeness (QED) is 0.347. The molecule has 1 heterocycles. The van der Waals surface area contributed by atoms with Crippen molar-refractivity contribution < 1.29 is 19.3 Å². The average Bonchev–Trinajstić information content (AvgIpc) is 3.58. The summed E-state index contributed by atoms with van der Waals surface area (Å²) in [5.74, 6) is 0.270. The van der Waals surface area contributed by atoms with Crippen LogP contribution < -0.4 is 10.2 Å². The van der Waals surface area contributed by atoms with Crippen LogP contribution in [-0.4, -0.2) is 22.6 Å². The summed E-state index contributed by atoms with van der Waals surface area (Å²) in [6.07, 6.45) is 5.40. The van der Waals surface area contributed by atoms with Crippen LogP contribution in [0.15, 0.2) is 60.7 Å². The number of nitrogens with one attached hydrogen (secondary N) is 1. The lowest BCUT2D eigenvalue weighted by Gasteiger charge is -2.37. The summed E-state index contributed by atoms with van der Waals surface area (Å²) < 4.78 is 0. The zero-order chi connectivity index (χ0) is 22.1. The molecule has 32 heavy (non-hydrogen) atoms. The number of hydrogen-bond acceptors (Lipinski definition) is 5. The molecule has 1 N–H and O–H groups in total. The second kappa shape index (κ2) is 6.59. The lowest BCUT2D eigenvalue weighted by atomic mass is 9.63. The van der Waals surface area contributed by atoms with Gasteiger partial charge in [0.15, 0.2) is 0 Å². The van der Waals surface area contributed by atoms with Gasteiger partial charge in [-0.25, -0.2) is 0 Å². The van der Waals surface area contributed by atoms with Gasteiger partial charge >= 0.3 is 0 Å². The normalized spacial score (nSPS) is 31.3. The molecule has 160 valence electrons. The van der Waals surface area contributed by atoms with Gasteiger partial charge < -0.3 is 5.32 Å². The summed E-state index contributed by atoms with van der Waals surface area (Å²) in [7, 11) is 0. The van der Waals surface area contributed by atoms with E-state index in [2.05, 4.69) is 17.5 Å². The number of hydrogen-bond donors (Lipinski definition) is 1. The topological polar surface area (TPSA) is 110 Å². The molecule has 1 aliphatic heterocycles. The van der Waals surface area contributed by atoms with E-state index in [0.717, 1.165) is 6.42 Å². The molecule has 2 aromatic rings. The van der Waals surface area contributed by atoms with Gasteiger partial charge in [-0.3, -0.25) is 29.4 Å². The highest BCUT2D eigenvalue weighted by molar-refractivity contribution is 6.22. The number of carbonyl (C=O) groups is 3. The van der Waals surface area contributed by atoms with Crippen LogP contribution in [0.4, 0.5) is 17.1 Å². The Balaban J connectivity index is 1.19. The molecule has 0 unspecified atom stereocenters. The molecule has 8 nitrogen and oxygen atoms in total. The maximum atomic E-state index is 13.2. The lowest BCUT2D eigenvalue weighted by Crippen LogP contribution is -2.40. The molecule has 4 aliphatic carbocycles. The van der Waals surface area contributed by atoms with Gasteiger partial charge in [0.2, 0.25) is 11.8 Å². The summed E-state index contributed by atoms with van der Waals surface area (Å²) in [5.41, 5.74) is 1.20. The first-order valence-corrected chi connectivity index (χ1v) is 10.7. The molecular weight excluding hydrogens is 410 g/mol. The number of rotatable bonds is 4. The number of nitrogens with zero attached hydrogens (tertiary/aromatic N) is 2. The molecule has 2 aromatic carbocycles. The molecular formula is C24H19N3O5. The highest BCUT2D eigenvalue weighted by Crippen LogP contribution is 2.65. The van der Waals surface area contributed by atoms with Crippen molar-refractivity contribution in [3.63, 3.8) is 0 Å². The number of nitro benzene ring substituents is 1. The molecule has 2 saturated carbocycles. The predicted octanol–water partition coefficient (Wildman–Crippen LogP) is 3.40. The van der Waals surface area contributed by atoms with Crippen molar-refractivity contribution in [2.45, 2.75) is 6.42 Å². The van der Waals surface area contributed by atoms with Crippen molar-refractivity contribution in [1.29, 1.82) is 0 Å². The van der Waals surface area contributed by atoms with Crippen molar-refractivity contribution in [3.8, 4) is 0 Å². The predicted molar refractivity (Wildman–Crippen MR) is 115 cm³/mol. The van der Waals surface area contributed by atoms with Gasteiger partial charge in [0.25, 0.3) is 11.6 Å². The Morgan fingerprint density at radius 3 is 2.00 bits per heavy atom. The van der Waals surface area contributed by atoms with Gasteiger partial charge in [-0.1, -0.05) is 12.2 Å². The van der Waals surface area contributed by atoms with E-state index in [0.29, 0.717) is 28.8 Å². The summed E-state index contributed by atoms with van der Waals surface area (Å²) in [6.45, 7) is 0. The van der Waals surface area contributed by atoms with Crippen molar-refractivity contribution in [2.24, 2.45) is 35.5 Å². The first-order valence-electron chi connectivity index (χ1n) is 10.7. The fourth-order valence-electron chi connectivity index (χ4n) is 5.84. The number of nitro groups is 1. The van der Waals surface area contributed by atoms with Crippen LogP contribution in [0.2, 0.25) is 0 Å². The minimum Gasteiger partial charge on any atom is -0.322 e. The number of allylic oxidation sites excluding steroid dienone is 2. The van der Waals surface area contributed by atoms with Gasteiger partial charge in [0, 0.05) is 23.4 Å². The molecule has 6 atom stereocenters. The minimum absolute atomic E-state index is 0.0613. The van der Waals surface area contributed by atoms with Crippen LogP contribution in [0, 0.1) is 45.6 Å². The van der Waals surface area contributed by atoms with Gasteiger partial charge in [-0.2, -0.15) is 0 Å². The molecule has 0 spiro atoms. The fraction of sp³-hybridized carbons (Fsp3) is 0.292. The van der Waals surface area contributed by atoms with E-state index in [1.165, 1.54) is 29.2 Å². The van der Waals surface area contributed by atoms with Crippen LogP contribution in [0.25, 0.3) is 0 Å². The first kappa shape index (κ1) is 18.9. The van der Waals surface area contributed by atoms with Crippen molar-refractivity contribution in [2.75, 3.05) is 10.2 Å². The molecule has 2 bridgehead atoms. The fourth-order valence-corrected chi connectivity index (χ4v) is 5.84. The zero-order valence-corrected chi connectivity index (χ0v) is 16.9. The summed E-state index contributed by atoms with van der Waals surface area (Å²) in [4.78, 5) is 50.4. The second-order valence-electron chi connectivity index (χ2n) is 8.97.